The van der Waals surface area contributed by atoms with Gasteiger partial charge in [0.1, 0.15) is 12.1 Å². The molecule has 0 aliphatic rings. The Morgan fingerprint density at radius 2 is 1.71 bits per heavy atom. The molecule has 5 nitrogen and oxygen atoms in total. The summed E-state index contributed by atoms with van der Waals surface area (Å²) >= 11 is 0. The predicted molar refractivity (Wildman–Crippen MR) is 86.6 cm³/mol. The van der Waals surface area contributed by atoms with Crippen LogP contribution < -0.4 is 4.90 Å². The second-order valence-electron chi connectivity index (χ2n) is 4.63. The second-order valence-corrected chi connectivity index (χ2v) is 4.63. The fourth-order valence-corrected chi connectivity index (χ4v) is 2.29. The molecule has 0 unspecified atom stereocenters. The molecular weight excluding hydrogens is 262 g/mol. The topological polar surface area (TPSA) is 46.3 Å². The number of anilines is 1. The third-order valence-corrected chi connectivity index (χ3v) is 3.07. The number of hydrogen-bond donors (Lipinski definition) is 0. The van der Waals surface area contributed by atoms with E-state index in [1.165, 1.54) is 6.33 Å². The van der Waals surface area contributed by atoms with Gasteiger partial charge in [-0.15, -0.1) is 0 Å². The van der Waals surface area contributed by atoms with Gasteiger partial charge in [-0.2, -0.15) is 14.6 Å². The molecule has 110 valence electrons. The Kier molecular flexibility index (Phi) is 4.52. The summed E-state index contributed by atoms with van der Waals surface area (Å²) < 4.78 is 1.77. The van der Waals surface area contributed by atoms with E-state index in [0.717, 1.165) is 22.6 Å². The van der Waals surface area contributed by atoms with Gasteiger partial charge >= 0.3 is 0 Å². The Balaban J connectivity index is 0.000000774. The number of aromatic nitrogens is 4. The Morgan fingerprint density at radius 1 is 1.05 bits per heavy atom. The smallest absolute Gasteiger partial charge is 0.254 e. The standard InChI is InChI=1S/C14H15N5.C2H6/c1-10-12(11-7-5-4-6-8-11)13(18(2)3)19-14(17-10)15-9-16-19;1-2/h4-9H,1-3H3;1-2H3. The normalized spacial score (nSPS) is 10.1. The van der Waals surface area contributed by atoms with Crippen molar-refractivity contribution in [3.05, 3.63) is 42.4 Å². The molecule has 0 radical (unpaired) electrons. The van der Waals surface area contributed by atoms with Gasteiger partial charge in [0.25, 0.3) is 5.78 Å². The lowest BCUT2D eigenvalue weighted by Crippen LogP contribution is -2.16. The highest BCUT2D eigenvalue weighted by atomic mass is 15.4. The molecule has 3 rings (SSSR count). The molecule has 0 amide bonds. The van der Waals surface area contributed by atoms with Gasteiger partial charge in [0, 0.05) is 19.7 Å². The zero-order valence-electron chi connectivity index (χ0n) is 13.2. The number of nitrogens with zero attached hydrogens (tertiary/aromatic N) is 5. The van der Waals surface area contributed by atoms with Gasteiger partial charge in [-0.25, -0.2) is 4.98 Å². The number of benzene rings is 1. The molecule has 1 aromatic carbocycles. The van der Waals surface area contributed by atoms with Gasteiger partial charge in [0.15, 0.2) is 0 Å². The molecule has 0 atom stereocenters. The zero-order chi connectivity index (χ0) is 15.4. The quantitative estimate of drug-likeness (QED) is 0.724. The minimum atomic E-state index is 0.626. The highest BCUT2D eigenvalue weighted by molar-refractivity contribution is 5.79. The number of aryl methyl sites for hydroxylation is 1. The first-order chi connectivity index (χ1) is 10.2. The van der Waals surface area contributed by atoms with Crippen LogP contribution in [-0.4, -0.2) is 33.7 Å². The van der Waals surface area contributed by atoms with Gasteiger partial charge in [-0.3, -0.25) is 0 Å². The van der Waals surface area contributed by atoms with Crippen LogP contribution in [0.25, 0.3) is 16.9 Å². The fourth-order valence-electron chi connectivity index (χ4n) is 2.29. The van der Waals surface area contributed by atoms with Crippen molar-refractivity contribution in [3.63, 3.8) is 0 Å². The first-order valence-electron chi connectivity index (χ1n) is 7.11. The molecule has 0 fully saturated rings. The summed E-state index contributed by atoms with van der Waals surface area (Å²) in [6.45, 7) is 6.00. The van der Waals surface area contributed by atoms with Crippen LogP contribution in [0.4, 0.5) is 5.82 Å². The van der Waals surface area contributed by atoms with Crippen molar-refractivity contribution < 1.29 is 0 Å². The van der Waals surface area contributed by atoms with Crippen LogP contribution in [0.1, 0.15) is 19.5 Å². The van der Waals surface area contributed by atoms with E-state index < -0.39 is 0 Å². The Labute approximate surface area is 125 Å². The lowest BCUT2D eigenvalue weighted by atomic mass is 10.0. The number of rotatable bonds is 2. The fraction of sp³-hybridized carbons (Fsp3) is 0.312. The van der Waals surface area contributed by atoms with Gasteiger partial charge in [-0.1, -0.05) is 44.2 Å². The third-order valence-electron chi connectivity index (χ3n) is 3.07. The van der Waals surface area contributed by atoms with Crippen molar-refractivity contribution in [1.82, 2.24) is 19.6 Å². The van der Waals surface area contributed by atoms with Gasteiger partial charge in [-0.05, 0) is 12.5 Å². The van der Waals surface area contributed by atoms with Crippen LogP contribution in [0, 0.1) is 6.92 Å². The van der Waals surface area contributed by atoms with Crippen molar-refractivity contribution in [2.24, 2.45) is 0 Å². The molecule has 0 spiro atoms. The largest absolute Gasteiger partial charge is 0.362 e. The Morgan fingerprint density at radius 3 is 2.33 bits per heavy atom. The average molecular weight is 283 g/mol. The first kappa shape index (κ1) is 15.0. The minimum absolute atomic E-state index is 0.626. The van der Waals surface area contributed by atoms with Crippen LogP contribution in [0.2, 0.25) is 0 Å². The highest BCUT2D eigenvalue weighted by Gasteiger charge is 2.17. The molecule has 0 saturated heterocycles. The van der Waals surface area contributed by atoms with Crippen molar-refractivity contribution in [2.45, 2.75) is 20.8 Å². The molecule has 0 saturated carbocycles. The molecule has 0 bridgehead atoms. The molecule has 2 heterocycles. The molecule has 0 aliphatic heterocycles. The number of fused-ring (bicyclic) bond motifs is 1. The maximum Gasteiger partial charge on any atom is 0.254 e. The van der Waals surface area contributed by atoms with E-state index >= 15 is 0 Å². The molecule has 2 aromatic heterocycles. The Hall–Kier alpha value is -2.43. The van der Waals surface area contributed by atoms with E-state index in [9.17, 15) is 0 Å². The maximum atomic E-state index is 4.52. The second kappa shape index (κ2) is 6.35. The van der Waals surface area contributed by atoms with Crippen molar-refractivity contribution in [3.8, 4) is 11.1 Å². The molecule has 21 heavy (non-hydrogen) atoms. The van der Waals surface area contributed by atoms with Crippen molar-refractivity contribution in [2.75, 3.05) is 19.0 Å². The van der Waals surface area contributed by atoms with Crippen molar-refractivity contribution in [1.29, 1.82) is 0 Å². The summed E-state index contributed by atoms with van der Waals surface area (Å²) in [5.74, 6) is 1.62. The van der Waals surface area contributed by atoms with Gasteiger partial charge in [0.05, 0.1) is 5.69 Å². The zero-order valence-corrected chi connectivity index (χ0v) is 13.2. The van der Waals surface area contributed by atoms with Crippen LogP contribution in [0.15, 0.2) is 36.7 Å². The Bertz CT molecular complexity index is 716. The third kappa shape index (κ3) is 2.72. The highest BCUT2D eigenvalue weighted by Crippen LogP contribution is 2.31. The van der Waals surface area contributed by atoms with E-state index in [0.29, 0.717) is 5.78 Å². The summed E-state index contributed by atoms with van der Waals surface area (Å²) in [5.41, 5.74) is 3.17. The maximum absolute atomic E-state index is 4.52. The molecule has 0 aliphatic carbocycles. The van der Waals surface area contributed by atoms with E-state index in [4.69, 9.17) is 0 Å². The van der Waals surface area contributed by atoms with Crippen LogP contribution in [0.5, 0.6) is 0 Å². The lowest BCUT2D eigenvalue weighted by Gasteiger charge is -2.19. The summed E-state index contributed by atoms with van der Waals surface area (Å²) in [6, 6.07) is 10.2. The van der Waals surface area contributed by atoms with E-state index in [1.54, 1.807) is 4.52 Å². The predicted octanol–water partition coefficient (Wildman–Crippen LogP) is 3.19. The first-order valence-corrected chi connectivity index (χ1v) is 7.11. The van der Waals surface area contributed by atoms with Crippen LogP contribution >= 0.6 is 0 Å². The minimum Gasteiger partial charge on any atom is -0.362 e. The average Bonchev–Trinajstić information content (AvgIpc) is 2.96. The van der Waals surface area contributed by atoms with Crippen LogP contribution in [0.3, 0.4) is 0 Å². The lowest BCUT2D eigenvalue weighted by molar-refractivity contribution is 0.891. The molecular formula is C16H21N5. The van der Waals surface area contributed by atoms with Gasteiger partial charge < -0.3 is 4.90 Å². The summed E-state index contributed by atoms with van der Waals surface area (Å²) in [6.07, 6.45) is 1.53. The van der Waals surface area contributed by atoms with Crippen molar-refractivity contribution >= 4 is 11.6 Å². The summed E-state index contributed by atoms with van der Waals surface area (Å²) in [7, 11) is 4.00. The summed E-state index contributed by atoms with van der Waals surface area (Å²) in [4.78, 5) is 10.7. The van der Waals surface area contributed by atoms with Gasteiger partial charge in [0.2, 0.25) is 0 Å². The van der Waals surface area contributed by atoms with E-state index in [-0.39, 0.29) is 0 Å². The molecule has 0 N–H and O–H groups in total. The van der Waals surface area contributed by atoms with Crippen LogP contribution in [-0.2, 0) is 0 Å². The number of hydrogen-bond acceptors (Lipinski definition) is 4. The molecule has 3 aromatic rings. The van der Waals surface area contributed by atoms with E-state index in [1.807, 2.05) is 58.0 Å². The van der Waals surface area contributed by atoms with E-state index in [2.05, 4.69) is 27.2 Å². The molecule has 5 heteroatoms. The summed E-state index contributed by atoms with van der Waals surface area (Å²) in [5, 5.41) is 4.27. The SMILES string of the molecule is CC.Cc1nc2ncnn2c(N(C)C)c1-c1ccccc1. The monoisotopic (exact) mass is 283 g/mol.